The number of hydrogen-bond acceptors (Lipinski definition) is 2. The average Bonchev–Trinajstić information content (AvgIpc) is 2.28. The van der Waals surface area contributed by atoms with Crippen molar-refractivity contribution in [1.29, 1.82) is 0 Å². The molecule has 0 unspecified atom stereocenters. The second-order valence-corrected chi connectivity index (χ2v) is 3.35. The number of benzene rings is 1. The molecular weight excluding hydrogens is 278 g/mol. The average molecular weight is 286 g/mol. The van der Waals surface area contributed by atoms with Gasteiger partial charge in [-0.15, -0.1) is 0 Å². The van der Waals surface area contributed by atoms with Gasteiger partial charge in [-0.3, -0.25) is 4.79 Å². The van der Waals surface area contributed by atoms with Crippen LogP contribution in [0.2, 0.25) is 0 Å². The lowest BCUT2D eigenvalue weighted by molar-refractivity contribution is -0.143. The monoisotopic (exact) mass is 286 g/mol. The summed E-state index contributed by atoms with van der Waals surface area (Å²) in [6, 6.07) is 0.779. The van der Waals surface area contributed by atoms with Gasteiger partial charge < -0.3 is 4.79 Å². The SMILES string of the molecule is C=O.CC(=O)c1cc(C(F)(F)F)cc(C(F)(F)F)c1. The number of halogens is 6. The quantitative estimate of drug-likeness (QED) is 0.582. The standard InChI is InChI=1S/C10H6F6O.CH2O/c1-5(17)6-2-7(9(11,12)13)4-8(3-6)10(14,15)16;1-2/h2-4H,1H3;1H2. The highest BCUT2D eigenvalue weighted by molar-refractivity contribution is 5.94. The fourth-order valence-electron chi connectivity index (χ4n) is 1.16. The van der Waals surface area contributed by atoms with Crippen molar-refractivity contribution in [2.45, 2.75) is 19.3 Å². The van der Waals surface area contributed by atoms with Gasteiger partial charge in [-0.25, -0.2) is 0 Å². The molecule has 0 bridgehead atoms. The molecule has 8 heteroatoms. The van der Waals surface area contributed by atoms with E-state index in [1.165, 1.54) is 0 Å². The van der Waals surface area contributed by atoms with Crippen LogP contribution < -0.4 is 0 Å². The Morgan fingerprint density at radius 3 is 1.42 bits per heavy atom. The summed E-state index contributed by atoms with van der Waals surface area (Å²) >= 11 is 0. The van der Waals surface area contributed by atoms with Crippen LogP contribution in [0.3, 0.4) is 0 Å². The first-order valence-corrected chi connectivity index (χ1v) is 4.61. The van der Waals surface area contributed by atoms with Gasteiger partial charge in [-0.05, 0) is 25.1 Å². The molecule has 0 aliphatic carbocycles. The smallest absolute Gasteiger partial charge is 0.307 e. The molecule has 106 valence electrons. The first-order chi connectivity index (χ1) is 8.51. The van der Waals surface area contributed by atoms with Crippen molar-refractivity contribution in [3.05, 3.63) is 34.9 Å². The van der Waals surface area contributed by atoms with E-state index in [1.807, 2.05) is 6.79 Å². The van der Waals surface area contributed by atoms with Gasteiger partial charge in [0.25, 0.3) is 0 Å². The summed E-state index contributed by atoms with van der Waals surface area (Å²) in [5, 5.41) is 0. The van der Waals surface area contributed by atoms with Gasteiger partial charge in [0.2, 0.25) is 0 Å². The van der Waals surface area contributed by atoms with Gasteiger partial charge >= 0.3 is 12.4 Å². The number of carbonyl (C=O) groups excluding carboxylic acids is 2. The Balaban J connectivity index is 0.00000154. The maximum Gasteiger partial charge on any atom is 0.416 e. The molecule has 0 aliphatic rings. The Bertz CT molecular complexity index is 429. The molecule has 0 N–H and O–H groups in total. The minimum absolute atomic E-state index is 0.0214. The van der Waals surface area contributed by atoms with Crippen molar-refractivity contribution in [3.8, 4) is 0 Å². The van der Waals surface area contributed by atoms with E-state index in [0.717, 1.165) is 6.92 Å². The maximum atomic E-state index is 12.3. The van der Waals surface area contributed by atoms with Crippen LogP contribution in [-0.4, -0.2) is 12.6 Å². The van der Waals surface area contributed by atoms with E-state index in [-0.39, 0.29) is 6.07 Å². The molecule has 1 aromatic rings. The van der Waals surface area contributed by atoms with Crippen molar-refractivity contribution in [2.75, 3.05) is 0 Å². The molecule has 1 aromatic carbocycles. The lowest BCUT2D eigenvalue weighted by Crippen LogP contribution is -2.12. The summed E-state index contributed by atoms with van der Waals surface area (Å²) in [5.41, 5.74) is -3.60. The highest BCUT2D eigenvalue weighted by atomic mass is 19.4. The van der Waals surface area contributed by atoms with Crippen molar-refractivity contribution in [3.63, 3.8) is 0 Å². The Labute approximate surface area is 104 Å². The molecule has 0 spiro atoms. The predicted octanol–water partition coefficient (Wildman–Crippen LogP) is 3.74. The molecular formula is C11H8F6O2. The Hall–Kier alpha value is -1.86. The van der Waals surface area contributed by atoms with Crippen molar-refractivity contribution in [2.24, 2.45) is 0 Å². The molecule has 0 atom stereocenters. The Morgan fingerprint density at radius 2 is 1.21 bits per heavy atom. The summed E-state index contributed by atoms with van der Waals surface area (Å²) in [6.07, 6.45) is -9.85. The van der Waals surface area contributed by atoms with Gasteiger partial charge in [0.1, 0.15) is 6.79 Å². The molecule has 0 heterocycles. The van der Waals surface area contributed by atoms with E-state index in [1.54, 1.807) is 0 Å². The minimum Gasteiger partial charge on any atom is -0.307 e. The fraction of sp³-hybridized carbons (Fsp3) is 0.273. The predicted molar refractivity (Wildman–Crippen MR) is 53.6 cm³/mol. The Kier molecular flexibility index (Phi) is 5.28. The molecule has 0 aliphatic heterocycles. The van der Waals surface area contributed by atoms with Gasteiger partial charge in [0.05, 0.1) is 11.1 Å². The van der Waals surface area contributed by atoms with Crippen LogP contribution in [0.4, 0.5) is 26.3 Å². The zero-order valence-corrected chi connectivity index (χ0v) is 9.52. The highest BCUT2D eigenvalue weighted by Crippen LogP contribution is 2.36. The molecule has 0 saturated carbocycles. The van der Waals surface area contributed by atoms with Crippen LogP contribution >= 0.6 is 0 Å². The van der Waals surface area contributed by atoms with E-state index < -0.39 is 34.8 Å². The molecule has 0 saturated heterocycles. The fourth-order valence-corrected chi connectivity index (χ4v) is 1.16. The lowest BCUT2D eigenvalue weighted by atomic mass is 10.0. The summed E-state index contributed by atoms with van der Waals surface area (Å²) in [5.74, 6) is -0.860. The first-order valence-electron chi connectivity index (χ1n) is 4.61. The second kappa shape index (κ2) is 5.85. The molecule has 1 rings (SSSR count). The number of ketones is 1. The molecule has 0 radical (unpaired) electrons. The van der Waals surface area contributed by atoms with Gasteiger partial charge in [0, 0.05) is 5.56 Å². The van der Waals surface area contributed by atoms with E-state index in [4.69, 9.17) is 4.79 Å². The lowest BCUT2D eigenvalue weighted by Gasteiger charge is -2.12. The molecule has 2 nitrogen and oxygen atoms in total. The summed E-state index contributed by atoms with van der Waals surface area (Å²) < 4.78 is 73.9. The van der Waals surface area contributed by atoms with Crippen LogP contribution in [0.15, 0.2) is 18.2 Å². The molecule has 0 fully saturated rings. The van der Waals surface area contributed by atoms with Crippen LogP contribution in [0.25, 0.3) is 0 Å². The maximum absolute atomic E-state index is 12.3. The van der Waals surface area contributed by atoms with Crippen molar-refractivity contribution in [1.82, 2.24) is 0 Å². The number of alkyl halides is 6. The number of hydrogen-bond donors (Lipinski definition) is 0. The zero-order chi connectivity index (χ0) is 15.4. The number of carbonyl (C=O) groups is 2. The molecule has 0 amide bonds. The van der Waals surface area contributed by atoms with E-state index >= 15 is 0 Å². The third-order valence-corrected chi connectivity index (χ3v) is 1.99. The van der Waals surface area contributed by atoms with E-state index in [9.17, 15) is 31.1 Å². The van der Waals surface area contributed by atoms with Gasteiger partial charge in [0.15, 0.2) is 5.78 Å². The third-order valence-electron chi connectivity index (χ3n) is 1.99. The first kappa shape index (κ1) is 17.1. The normalized spacial score (nSPS) is 11.5. The van der Waals surface area contributed by atoms with Crippen LogP contribution in [0, 0.1) is 0 Å². The Morgan fingerprint density at radius 1 is 0.895 bits per heavy atom. The molecule has 19 heavy (non-hydrogen) atoms. The van der Waals surface area contributed by atoms with Gasteiger partial charge in [-0.2, -0.15) is 26.3 Å². The van der Waals surface area contributed by atoms with Crippen molar-refractivity contribution < 1.29 is 35.9 Å². The topological polar surface area (TPSA) is 34.1 Å². The summed E-state index contributed by atoms with van der Waals surface area (Å²) in [6.45, 7) is 2.90. The number of rotatable bonds is 1. The zero-order valence-electron chi connectivity index (χ0n) is 9.52. The van der Waals surface area contributed by atoms with E-state index in [0.29, 0.717) is 12.1 Å². The van der Waals surface area contributed by atoms with E-state index in [2.05, 4.69) is 0 Å². The molecule has 0 aromatic heterocycles. The minimum atomic E-state index is -4.93. The number of Topliss-reactive ketones (excluding diaryl/α,β-unsaturated/α-hetero) is 1. The largest absolute Gasteiger partial charge is 0.416 e. The van der Waals surface area contributed by atoms with Crippen LogP contribution in [-0.2, 0) is 17.1 Å². The summed E-state index contributed by atoms with van der Waals surface area (Å²) in [4.78, 5) is 18.9. The van der Waals surface area contributed by atoms with Crippen LogP contribution in [0.1, 0.15) is 28.4 Å². The summed E-state index contributed by atoms with van der Waals surface area (Å²) in [7, 11) is 0. The third kappa shape index (κ3) is 4.72. The highest BCUT2D eigenvalue weighted by Gasteiger charge is 2.37. The van der Waals surface area contributed by atoms with Crippen LogP contribution in [0.5, 0.6) is 0 Å². The second-order valence-electron chi connectivity index (χ2n) is 3.35. The van der Waals surface area contributed by atoms with Crippen molar-refractivity contribution >= 4 is 12.6 Å². The van der Waals surface area contributed by atoms with Gasteiger partial charge in [-0.1, -0.05) is 0 Å².